The second-order valence-corrected chi connectivity index (χ2v) is 9.01. The van der Waals surface area contributed by atoms with Crippen molar-refractivity contribution in [2.75, 3.05) is 68.0 Å². The Morgan fingerprint density at radius 2 is 1.94 bits per heavy atom. The van der Waals surface area contributed by atoms with Gasteiger partial charge in [-0.25, -0.2) is 19.7 Å². The summed E-state index contributed by atoms with van der Waals surface area (Å²) in [7, 11) is 0. The van der Waals surface area contributed by atoms with E-state index in [0.717, 1.165) is 61.7 Å². The van der Waals surface area contributed by atoms with E-state index >= 15 is 0 Å². The molecule has 3 N–H and O–H groups in total. The van der Waals surface area contributed by atoms with Gasteiger partial charge in [0.1, 0.15) is 5.82 Å². The van der Waals surface area contributed by atoms with Gasteiger partial charge in [0.2, 0.25) is 11.9 Å². The fourth-order valence-electron chi connectivity index (χ4n) is 4.97. The third-order valence-electron chi connectivity index (χ3n) is 6.77. The first-order chi connectivity index (χ1) is 16.0. The molecular weight excluding hydrogens is 422 g/mol. The molecule has 0 spiro atoms. The van der Waals surface area contributed by atoms with Crippen LogP contribution in [-0.2, 0) is 11.2 Å². The zero-order chi connectivity index (χ0) is 23.0. The molecule has 2 aromatic heterocycles. The Kier molecular flexibility index (Phi) is 5.65. The number of ether oxygens (including phenoxy) is 1. The van der Waals surface area contributed by atoms with Gasteiger partial charge in [-0.05, 0) is 26.7 Å². The number of nitrogens with one attached hydrogen (secondary N) is 1. The maximum Gasteiger partial charge on any atom is 0.317 e. The lowest BCUT2D eigenvalue weighted by atomic mass is 9.99. The number of fused-ring (bicyclic) bond motifs is 1. The first-order valence-corrected chi connectivity index (χ1v) is 11.6. The van der Waals surface area contributed by atoms with Gasteiger partial charge in [0.15, 0.2) is 0 Å². The van der Waals surface area contributed by atoms with E-state index in [-0.39, 0.29) is 17.5 Å². The molecule has 0 unspecified atom stereocenters. The van der Waals surface area contributed by atoms with Crippen molar-refractivity contribution in [2.45, 2.75) is 32.2 Å². The molecule has 176 valence electrons. The molecule has 11 heteroatoms. The fourth-order valence-corrected chi connectivity index (χ4v) is 4.97. The van der Waals surface area contributed by atoms with Gasteiger partial charge < -0.3 is 30.5 Å². The van der Waals surface area contributed by atoms with Crippen molar-refractivity contribution < 1.29 is 9.53 Å². The number of urea groups is 1. The van der Waals surface area contributed by atoms with Gasteiger partial charge in [-0.1, -0.05) is 0 Å². The summed E-state index contributed by atoms with van der Waals surface area (Å²) in [5.41, 5.74) is 8.31. The van der Waals surface area contributed by atoms with Crippen LogP contribution >= 0.6 is 0 Å². The van der Waals surface area contributed by atoms with E-state index in [4.69, 9.17) is 20.4 Å². The van der Waals surface area contributed by atoms with E-state index in [1.807, 2.05) is 11.8 Å². The van der Waals surface area contributed by atoms with Crippen molar-refractivity contribution in [3.63, 3.8) is 0 Å². The summed E-state index contributed by atoms with van der Waals surface area (Å²) in [6, 6.07) is -0.00273. The molecule has 0 aromatic carbocycles. The Labute approximate surface area is 193 Å². The summed E-state index contributed by atoms with van der Waals surface area (Å²) in [5.74, 6) is 1.87. The van der Waals surface area contributed by atoms with Crippen molar-refractivity contribution in [2.24, 2.45) is 0 Å². The maximum absolute atomic E-state index is 12.4. The van der Waals surface area contributed by atoms with Gasteiger partial charge in [0.05, 0.1) is 24.4 Å². The number of carbonyl (C=O) groups is 1. The van der Waals surface area contributed by atoms with Crippen LogP contribution in [0.1, 0.15) is 25.8 Å². The minimum Gasteiger partial charge on any atom is -0.378 e. The van der Waals surface area contributed by atoms with E-state index in [0.29, 0.717) is 32.3 Å². The molecule has 5 rings (SSSR count). The van der Waals surface area contributed by atoms with Crippen molar-refractivity contribution in [3.05, 3.63) is 18.0 Å². The second-order valence-electron chi connectivity index (χ2n) is 9.01. The summed E-state index contributed by atoms with van der Waals surface area (Å²) in [5, 5.41) is 2.92. The van der Waals surface area contributed by atoms with Gasteiger partial charge in [0.25, 0.3) is 0 Å². The number of nitrogens with two attached hydrogens (primary N) is 1. The van der Waals surface area contributed by atoms with Crippen molar-refractivity contribution in [3.8, 4) is 11.3 Å². The zero-order valence-electron chi connectivity index (χ0n) is 19.3. The highest BCUT2D eigenvalue weighted by atomic mass is 16.5. The molecule has 0 radical (unpaired) electrons. The molecule has 2 aromatic rings. The third kappa shape index (κ3) is 4.01. The van der Waals surface area contributed by atoms with E-state index < -0.39 is 0 Å². The molecule has 11 nitrogen and oxygen atoms in total. The Balaban J connectivity index is 1.53. The highest BCUT2D eigenvalue weighted by molar-refractivity contribution is 5.76. The Bertz CT molecular complexity index is 1030. The van der Waals surface area contributed by atoms with Crippen LogP contribution in [0.3, 0.4) is 0 Å². The molecule has 33 heavy (non-hydrogen) atoms. The monoisotopic (exact) mass is 453 g/mol. The number of hydrogen-bond donors (Lipinski definition) is 2. The molecule has 3 aliphatic heterocycles. The topological polar surface area (TPSA) is 126 Å². The van der Waals surface area contributed by atoms with Gasteiger partial charge in [-0.2, -0.15) is 4.98 Å². The quantitative estimate of drug-likeness (QED) is 0.695. The number of nitrogens with zero attached hydrogens (tertiary/aromatic N) is 7. The lowest BCUT2D eigenvalue weighted by Crippen LogP contribution is -2.50. The summed E-state index contributed by atoms with van der Waals surface area (Å²) >= 11 is 0. The third-order valence-corrected chi connectivity index (χ3v) is 6.77. The number of nitrogen functional groups attached to an aromatic ring is 1. The summed E-state index contributed by atoms with van der Waals surface area (Å²) in [6.45, 7) is 9.83. The van der Waals surface area contributed by atoms with Crippen molar-refractivity contribution >= 4 is 23.7 Å². The predicted octanol–water partition coefficient (Wildman–Crippen LogP) is 0.909. The van der Waals surface area contributed by atoms with Crippen LogP contribution in [-0.4, -0.2) is 88.9 Å². The number of anilines is 3. The number of amides is 2. The van der Waals surface area contributed by atoms with Crippen LogP contribution in [0.4, 0.5) is 22.5 Å². The average molecular weight is 454 g/mol. The Hall–Kier alpha value is -3.21. The lowest BCUT2D eigenvalue weighted by Gasteiger charge is -2.37. The number of hydrogen-bond acceptors (Lipinski definition) is 9. The molecule has 3 aliphatic rings. The molecule has 0 bridgehead atoms. The molecule has 2 saturated heterocycles. The molecule has 2 fully saturated rings. The predicted molar refractivity (Wildman–Crippen MR) is 125 cm³/mol. The first-order valence-electron chi connectivity index (χ1n) is 11.6. The van der Waals surface area contributed by atoms with Crippen molar-refractivity contribution in [1.29, 1.82) is 0 Å². The second kappa shape index (κ2) is 8.62. The number of carbonyl (C=O) groups excluding carboxylic acids is 1. The number of likely N-dealkylation sites (tertiary alicyclic amines) is 1. The van der Waals surface area contributed by atoms with Gasteiger partial charge in [-0.15, -0.1) is 0 Å². The van der Waals surface area contributed by atoms with E-state index in [2.05, 4.69) is 32.0 Å². The number of rotatable bonds is 4. The van der Waals surface area contributed by atoms with Gasteiger partial charge >= 0.3 is 6.03 Å². The summed E-state index contributed by atoms with van der Waals surface area (Å²) in [6.07, 6.45) is 5.17. The van der Waals surface area contributed by atoms with Crippen LogP contribution in [0.5, 0.6) is 0 Å². The SMILES string of the molecule is CCNC(=O)N1CC[C@@](C)(N2CCc3c(-c4cnc(N)nc4)nc(N4CCOCC4)nc32)C1. The molecule has 5 heterocycles. The van der Waals surface area contributed by atoms with Crippen LogP contribution in [0.2, 0.25) is 0 Å². The molecule has 1 atom stereocenters. The van der Waals surface area contributed by atoms with Gasteiger partial charge in [-0.3, -0.25) is 0 Å². The fraction of sp³-hybridized carbons (Fsp3) is 0.591. The smallest absolute Gasteiger partial charge is 0.317 e. The number of morpholine rings is 1. The maximum atomic E-state index is 12.4. The van der Waals surface area contributed by atoms with Crippen molar-refractivity contribution in [1.82, 2.24) is 30.2 Å². The Morgan fingerprint density at radius 1 is 1.18 bits per heavy atom. The average Bonchev–Trinajstić information content (AvgIpc) is 3.45. The summed E-state index contributed by atoms with van der Waals surface area (Å²) in [4.78, 5) is 37.3. The minimum absolute atomic E-state index is 0.00273. The van der Waals surface area contributed by atoms with Crippen LogP contribution in [0.25, 0.3) is 11.3 Å². The molecule has 2 amide bonds. The lowest BCUT2D eigenvalue weighted by molar-refractivity contribution is 0.122. The van der Waals surface area contributed by atoms with E-state index in [1.165, 1.54) is 0 Å². The highest BCUT2D eigenvalue weighted by Gasteiger charge is 2.44. The summed E-state index contributed by atoms with van der Waals surface area (Å²) < 4.78 is 5.53. The van der Waals surface area contributed by atoms with E-state index in [9.17, 15) is 4.79 Å². The number of aromatic nitrogens is 4. The highest BCUT2D eigenvalue weighted by Crippen LogP contribution is 2.41. The van der Waals surface area contributed by atoms with Gasteiger partial charge in [0, 0.05) is 62.8 Å². The standard InChI is InChI=1S/C22H31N9O2/c1-3-24-21(32)30-7-5-22(2,14-30)31-6-4-16-17(15-12-25-19(23)26-13-15)27-20(28-18(16)31)29-8-10-33-11-9-29/h12-13H,3-11,14H2,1-2H3,(H,24,32)(H2,23,25,26)/t22-/m1/s1. The van der Waals surface area contributed by atoms with Crippen LogP contribution in [0.15, 0.2) is 12.4 Å². The zero-order valence-corrected chi connectivity index (χ0v) is 19.3. The normalized spacial score (nSPS) is 22.5. The molecule has 0 saturated carbocycles. The Morgan fingerprint density at radius 3 is 2.67 bits per heavy atom. The molecular formula is C22H31N9O2. The molecule has 0 aliphatic carbocycles. The first kappa shape index (κ1) is 21.6. The van der Waals surface area contributed by atoms with E-state index in [1.54, 1.807) is 12.4 Å². The largest absolute Gasteiger partial charge is 0.378 e. The van der Waals surface area contributed by atoms with Crippen LogP contribution in [0, 0.1) is 0 Å². The van der Waals surface area contributed by atoms with Crippen LogP contribution < -0.4 is 20.9 Å². The minimum atomic E-state index is -0.193.